The molecule has 6 heteroatoms. The van der Waals surface area contributed by atoms with Crippen LogP contribution in [0.15, 0.2) is 59.5 Å². The summed E-state index contributed by atoms with van der Waals surface area (Å²) in [5.74, 6) is 0.190. The number of carbonyl (C=O) groups excluding carboxylic acids is 1. The van der Waals surface area contributed by atoms with Gasteiger partial charge in [0.05, 0.1) is 18.2 Å². The quantitative estimate of drug-likeness (QED) is 0.553. The monoisotopic (exact) mass is 490 g/mol. The summed E-state index contributed by atoms with van der Waals surface area (Å²) in [5.41, 5.74) is 7.57. The molecule has 5 rings (SSSR count). The number of hydrogen-bond donors (Lipinski definition) is 0. The maximum atomic E-state index is 12.8. The molecule has 1 fully saturated rings. The van der Waals surface area contributed by atoms with Gasteiger partial charge in [-0.05, 0) is 76.1 Å². The Balaban J connectivity index is 1.38. The van der Waals surface area contributed by atoms with Gasteiger partial charge in [0.15, 0.2) is 0 Å². The summed E-state index contributed by atoms with van der Waals surface area (Å²) in [4.78, 5) is 26.3. The van der Waals surface area contributed by atoms with Crippen molar-refractivity contribution in [1.82, 2.24) is 19.8 Å². The van der Waals surface area contributed by atoms with Crippen LogP contribution in [0.4, 0.5) is 0 Å². The average Bonchev–Trinajstić information content (AvgIpc) is 2.96. The first-order chi connectivity index (χ1) is 15.6. The minimum atomic E-state index is 0.133. The van der Waals surface area contributed by atoms with Crippen molar-refractivity contribution in [3.8, 4) is 0 Å². The molecule has 1 aliphatic carbocycles. The average molecular weight is 491 g/mol. The SMILES string of the molecule is Cc1ccc2c(c1)CCc1cc(Br)cnc1C2N1CCN(C(=O)Cc2ccncc2)CC1. The lowest BCUT2D eigenvalue weighted by Gasteiger charge is -2.40. The van der Waals surface area contributed by atoms with E-state index >= 15 is 0 Å². The molecule has 0 spiro atoms. The number of nitrogens with zero attached hydrogens (tertiary/aromatic N) is 4. The number of carbonyl (C=O) groups is 1. The molecule has 164 valence electrons. The van der Waals surface area contributed by atoms with Crippen molar-refractivity contribution < 1.29 is 4.79 Å². The minimum absolute atomic E-state index is 0.133. The molecule has 0 saturated carbocycles. The number of pyridine rings is 2. The fourth-order valence-electron chi connectivity index (χ4n) is 4.96. The first kappa shape index (κ1) is 21.3. The lowest BCUT2D eigenvalue weighted by Crippen LogP contribution is -2.50. The van der Waals surface area contributed by atoms with Gasteiger partial charge in [0.1, 0.15) is 0 Å². The molecular formula is C26H27BrN4O. The first-order valence-electron chi connectivity index (χ1n) is 11.2. The van der Waals surface area contributed by atoms with Crippen LogP contribution in [0.2, 0.25) is 0 Å². The molecule has 0 bridgehead atoms. The Bertz CT molecular complexity index is 1070. The molecule has 2 aliphatic rings. The van der Waals surface area contributed by atoms with Crippen molar-refractivity contribution >= 4 is 21.8 Å². The molecule has 1 aromatic carbocycles. The Morgan fingerprint density at radius 1 is 1.03 bits per heavy atom. The smallest absolute Gasteiger partial charge is 0.227 e. The summed E-state index contributed by atoms with van der Waals surface area (Å²) in [7, 11) is 0. The second kappa shape index (κ2) is 9.12. The van der Waals surface area contributed by atoms with Crippen LogP contribution in [0.25, 0.3) is 0 Å². The van der Waals surface area contributed by atoms with E-state index in [9.17, 15) is 4.79 Å². The van der Waals surface area contributed by atoms with Gasteiger partial charge in [-0.1, -0.05) is 23.8 Å². The number of halogens is 1. The molecule has 1 saturated heterocycles. The number of hydrogen-bond acceptors (Lipinski definition) is 4. The van der Waals surface area contributed by atoms with Gasteiger partial charge in [0.2, 0.25) is 5.91 Å². The van der Waals surface area contributed by atoms with Gasteiger partial charge in [0, 0.05) is 49.2 Å². The van der Waals surface area contributed by atoms with Crippen molar-refractivity contribution in [2.45, 2.75) is 32.2 Å². The maximum absolute atomic E-state index is 12.8. The van der Waals surface area contributed by atoms with Gasteiger partial charge in [-0.2, -0.15) is 0 Å². The van der Waals surface area contributed by atoms with Gasteiger partial charge in [-0.3, -0.25) is 19.7 Å². The van der Waals surface area contributed by atoms with E-state index in [0.29, 0.717) is 6.42 Å². The van der Waals surface area contributed by atoms with E-state index in [2.05, 4.69) is 57.0 Å². The summed E-state index contributed by atoms with van der Waals surface area (Å²) in [6, 6.07) is 13.0. The number of fused-ring (bicyclic) bond motifs is 2. The molecule has 3 aromatic rings. The third-order valence-corrected chi connectivity index (χ3v) is 7.05. The van der Waals surface area contributed by atoms with Crippen LogP contribution >= 0.6 is 15.9 Å². The van der Waals surface area contributed by atoms with Crippen molar-refractivity contribution in [3.05, 3.63) is 93.0 Å². The molecule has 1 unspecified atom stereocenters. The zero-order valence-electron chi connectivity index (χ0n) is 18.3. The van der Waals surface area contributed by atoms with Crippen LogP contribution in [-0.4, -0.2) is 51.9 Å². The number of aromatic nitrogens is 2. The molecule has 5 nitrogen and oxygen atoms in total. The Morgan fingerprint density at radius 3 is 2.56 bits per heavy atom. The summed E-state index contributed by atoms with van der Waals surface area (Å²) in [6.07, 6.45) is 7.87. The van der Waals surface area contributed by atoms with Gasteiger partial charge in [-0.15, -0.1) is 0 Å². The highest BCUT2D eigenvalue weighted by Crippen LogP contribution is 2.37. The van der Waals surface area contributed by atoms with Crippen LogP contribution < -0.4 is 0 Å². The summed E-state index contributed by atoms with van der Waals surface area (Å²) in [5, 5.41) is 0. The Kier molecular flexibility index (Phi) is 6.07. The molecule has 0 N–H and O–H groups in total. The molecule has 1 amide bonds. The summed E-state index contributed by atoms with van der Waals surface area (Å²) < 4.78 is 1.03. The zero-order chi connectivity index (χ0) is 22.1. The number of rotatable bonds is 3. The Labute approximate surface area is 197 Å². The van der Waals surface area contributed by atoms with Crippen molar-refractivity contribution in [2.24, 2.45) is 0 Å². The lowest BCUT2D eigenvalue weighted by molar-refractivity contribution is -0.132. The van der Waals surface area contributed by atoms with Gasteiger partial charge in [0.25, 0.3) is 0 Å². The van der Waals surface area contributed by atoms with E-state index in [-0.39, 0.29) is 11.9 Å². The highest BCUT2D eigenvalue weighted by molar-refractivity contribution is 9.10. The van der Waals surface area contributed by atoms with Crippen molar-refractivity contribution in [3.63, 3.8) is 0 Å². The number of piperazine rings is 1. The third-order valence-electron chi connectivity index (χ3n) is 6.62. The molecule has 1 aliphatic heterocycles. The fourth-order valence-corrected chi connectivity index (χ4v) is 5.34. The second-order valence-corrected chi connectivity index (χ2v) is 9.67. The highest BCUT2D eigenvalue weighted by Gasteiger charge is 2.33. The number of benzene rings is 1. The van der Waals surface area contributed by atoms with Crippen LogP contribution in [-0.2, 0) is 24.1 Å². The predicted octanol–water partition coefficient (Wildman–Crippen LogP) is 4.12. The largest absolute Gasteiger partial charge is 0.340 e. The third kappa shape index (κ3) is 4.34. The molecule has 0 radical (unpaired) electrons. The van der Waals surface area contributed by atoms with Crippen LogP contribution in [0.1, 0.15) is 39.6 Å². The van der Waals surface area contributed by atoms with E-state index in [1.807, 2.05) is 23.2 Å². The van der Waals surface area contributed by atoms with E-state index in [1.165, 1.54) is 22.3 Å². The van der Waals surface area contributed by atoms with Crippen molar-refractivity contribution in [2.75, 3.05) is 26.2 Å². The van der Waals surface area contributed by atoms with E-state index in [1.54, 1.807) is 12.4 Å². The summed E-state index contributed by atoms with van der Waals surface area (Å²) >= 11 is 3.61. The normalized spacial score (nSPS) is 18.6. The maximum Gasteiger partial charge on any atom is 0.227 e. The molecule has 3 heterocycles. The highest BCUT2D eigenvalue weighted by atomic mass is 79.9. The molecule has 1 atom stereocenters. The summed E-state index contributed by atoms with van der Waals surface area (Å²) in [6.45, 7) is 5.34. The van der Waals surface area contributed by atoms with E-state index in [4.69, 9.17) is 4.98 Å². The van der Waals surface area contributed by atoms with Crippen LogP contribution in [0.3, 0.4) is 0 Å². The standard InChI is InChI=1S/C26H27BrN4O/c1-18-2-5-23-20(14-18)3-4-21-16-22(27)17-29-25(21)26(23)31-12-10-30(11-13-31)24(32)15-19-6-8-28-9-7-19/h2,5-9,14,16-17,26H,3-4,10-13,15H2,1H3. The number of aryl methyl sites for hydroxylation is 3. The van der Waals surface area contributed by atoms with Gasteiger partial charge in [-0.25, -0.2) is 0 Å². The lowest BCUT2D eigenvalue weighted by atomic mass is 9.94. The van der Waals surface area contributed by atoms with Crippen molar-refractivity contribution in [1.29, 1.82) is 0 Å². The number of amides is 1. The Morgan fingerprint density at radius 2 is 1.78 bits per heavy atom. The molecular weight excluding hydrogens is 464 g/mol. The van der Waals surface area contributed by atoms with E-state index < -0.39 is 0 Å². The second-order valence-electron chi connectivity index (χ2n) is 8.75. The molecule has 32 heavy (non-hydrogen) atoms. The minimum Gasteiger partial charge on any atom is -0.340 e. The zero-order valence-corrected chi connectivity index (χ0v) is 19.9. The van der Waals surface area contributed by atoms with Gasteiger partial charge >= 0.3 is 0 Å². The topological polar surface area (TPSA) is 49.3 Å². The van der Waals surface area contributed by atoms with Crippen LogP contribution in [0, 0.1) is 6.92 Å². The first-order valence-corrected chi connectivity index (χ1v) is 12.0. The van der Waals surface area contributed by atoms with Gasteiger partial charge < -0.3 is 4.90 Å². The molecule has 2 aromatic heterocycles. The fraction of sp³-hybridized carbons (Fsp3) is 0.346. The Hall–Kier alpha value is -2.57. The van der Waals surface area contributed by atoms with Crippen LogP contribution in [0.5, 0.6) is 0 Å². The van der Waals surface area contributed by atoms with E-state index in [0.717, 1.165) is 54.8 Å². The predicted molar refractivity (Wildman–Crippen MR) is 128 cm³/mol.